The van der Waals surface area contributed by atoms with Crippen molar-refractivity contribution in [1.82, 2.24) is 15.4 Å². The van der Waals surface area contributed by atoms with Crippen LogP contribution in [0.2, 0.25) is 0 Å². The molecular weight excluding hydrogens is 172 g/mol. The topological polar surface area (TPSA) is 90.1 Å². The summed E-state index contributed by atoms with van der Waals surface area (Å²) in [6.45, 7) is 1.98. The van der Waals surface area contributed by atoms with Gasteiger partial charge in [-0.25, -0.2) is 20.2 Å². The van der Waals surface area contributed by atoms with E-state index in [1.165, 1.54) is 0 Å². The van der Waals surface area contributed by atoms with E-state index in [0.29, 0.717) is 5.82 Å². The van der Waals surface area contributed by atoms with Gasteiger partial charge in [-0.05, 0) is 6.92 Å². The maximum Gasteiger partial charge on any atom is 0.336 e. The van der Waals surface area contributed by atoms with Gasteiger partial charge in [-0.1, -0.05) is 0 Å². The van der Waals surface area contributed by atoms with Gasteiger partial charge in [-0.3, -0.25) is 4.84 Å². The van der Waals surface area contributed by atoms with Gasteiger partial charge in [0.1, 0.15) is 12.4 Å². The minimum atomic E-state index is -0.729. The second kappa shape index (κ2) is 4.36. The van der Waals surface area contributed by atoms with Crippen LogP contribution < -0.4 is 11.2 Å². The number of urea groups is 1. The fraction of sp³-hybridized carbons (Fsp3) is 0.286. The minimum absolute atomic E-state index is 0.198. The highest BCUT2D eigenvalue weighted by atomic mass is 16.7. The maximum atomic E-state index is 10.2. The van der Waals surface area contributed by atoms with E-state index >= 15 is 0 Å². The largest absolute Gasteiger partial charge is 0.350 e. The van der Waals surface area contributed by atoms with E-state index in [1.807, 2.05) is 5.48 Å². The SMILES string of the molecule is Cc1ncc(CONC(N)=O)cn1. The zero-order chi connectivity index (χ0) is 9.68. The molecule has 0 aliphatic carbocycles. The molecule has 0 spiro atoms. The zero-order valence-electron chi connectivity index (χ0n) is 7.15. The molecule has 3 N–H and O–H groups in total. The number of nitrogens with zero attached hydrogens (tertiary/aromatic N) is 2. The van der Waals surface area contributed by atoms with Crippen molar-refractivity contribution in [1.29, 1.82) is 0 Å². The van der Waals surface area contributed by atoms with Gasteiger partial charge in [0.2, 0.25) is 0 Å². The molecule has 0 atom stereocenters. The summed E-state index contributed by atoms with van der Waals surface area (Å²) in [5.74, 6) is 0.687. The summed E-state index contributed by atoms with van der Waals surface area (Å²) in [7, 11) is 0. The lowest BCUT2D eigenvalue weighted by Crippen LogP contribution is -2.29. The first-order chi connectivity index (χ1) is 6.18. The lowest BCUT2D eigenvalue weighted by Gasteiger charge is -2.02. The molecule has 1 aromatic heterocycles. The molecule has 1 rings (SSSR count). The average Bonchev–Trinajstić information content (AvgIpc) is 2.08. The molecule has 0 fully saturated rings. The second-order valence-electron chi connectivity index (χ2n) is 2.39. The van der Waals surface area contributed by atoms with Crippen LogP contribution in [0.15, 0.2) is 12.4 Å². The number of nitrogens with two attached hydrogens (primary N) is 1. The van der Waals surface area contributed by atoms with E-state index in [9.17, 15) is 4.79 Å². The van der Waals surface area contributed by atoms with E-state index in [-0.39, 0.29) is 6.61 Å². The highest BCUT2D eigenvalue weighted by molar-refractivity contribution is 5.70. The Labute approximate surface area is 75.1 Å². The molecule has 70 valence electrons. The monoisotopic (exact) mass is 182 g/mol. The predicted molar refractivity (Wildman–Crippen MR) is 44.3 cm³/mol. The van der Waals surface area contributed by atoms with Crippen molar-refractivity contribution < 1.29 is 9.63 Å². The third kappa shape index (κ3) is 3.48. The first-order valence-corrected chi connectivity index (χ1v) is 3.63. The van der Waals surface area contributed by atoms with E-state index in [1.54, 1.807) is 19.3 Å². The van der Waals surface area contributed by atoms with Crippen LogP contribution in [0.5, 0.6) is 0 Å². The van der Waals surface area contributed by atoms with Crippen molar-refractivity contribution in [2.45, 2.75) is 13.5 Å². The predicted octanol–water partition coefficient (Wildman–Crippen LogP) is -0.115. The lowest BCUT2D eigenvalue weighted by atomic mass is 10.4. The normalized spacial score (nSPS) is 9.62. The third-order valence-electron chi connectivity index (χ3n) is 1.25. The first-order valence-electron chi connectivity index (χ1n) is 3.63. The van der Waals surface area contributed by atoms with Crippen molar-refractivity contribution in [3.8, 4) is 0 Å². The molecule has 1 aromatic rings. The van der Waals surface area contributed by atoms with Crippen LogP contribution in [0.3, 0.4) is 0 Å². The molecule has 13 heavy (non-hydrogen) atoms. The highest BCUT2D eigenvalue weighted by Crippen LogP contribution is 1.96. The molecule has 6 nitrogen and oxygen atoms in total. The van der Waals surface area contributed by atoms with Crippen LogP contribution in [0.25, 0.3) is 0 Å². The molecule has 0 aromatic carbocycles. The standard InChI is InChI=1S/C7H10N4O2/c1-5-9-2-6(3-10-5)4-13-11-7(8)12/h2-3H,4H2,1H3,(H3,8,11,12). The summed E-state index contributed by atoms with van der Waals surface area (Å²) >= 11 is 0. The number of aromatic nitrogens is 2. The highest BCUT2D eigenvalue weighted by Gasteiger charge is 1.95. The summed E-state index contributed by atoms with van der Waals surface area (Å²) in [4.78, 5) is 22.8. The molecule has 0 unspecified atom stereocenters. The Balaban J connectivity index is 2.37. The number of hydrogen-bond donors (Lipinski definition) is 2. The third-order valence-corrected chi connectivity index (χ3v) is 1.25. The number of hydroxylamine groups is 1. The number of aryl methyl sites for hydroxylation is 1. The van der Waals surface area contributed by atoms with Gasteiger partial charge in [0.15, 0.2) is 0 Å². The lowest BCUT2D eigenvalue weighted by molar-refractivity contribution is 0.0517. The van der Waals surface area contributed by atoms with Gasteiger partial charge in [-0.15, -0.1) is 0 Å². The van der Waals surface area contributed by atoms with Gasteiger partial charge in [0.05, 0.1) is 0 Å². The summed E-state index contributed by atoms with van der Waals surface area (Å²) < 4.78 is 0. The number of primary amides is 1. The van der Waals surface area contributed by atoms with Crippen LogP contribution >= 0.6 is 0 Å². The van der Waals surface area contributed by atoms with Gasteiger partial charge in [-0.2, -0.15) is 0 Å². The molecule has 1 heterocycles. The number of rotatable bonds is 3. The smallest absolute Gasteiger partial charge is 0.336 e. The van der Waals surface area contributed by atoms with E-state index < -0.39 is 6.03 Å². The molecular formula is C7H10N4O2. The minimum Gasteiger partial charge on any atom is -0.350 e. The number of amides is 2. The zero-order valence-corrected chi connectivity index (χ0v) is 7.15. The average molecular weight is 182 g/mol. The Bertz CT molecular complexity index is 285. The number of nitrogens with one attached hydrogen (secondary N) is 1. The van der Waals surface area contributed by atoms with Crippen molar-refractivity contribution in [2.75, 3.05) is 0 Å². The Morgan fingerprint density at radius 1 is 1.62 bits per heavy atom. The molecule has 0 radical (unpaired) electrons. The van der Waals surface area contributed by atoms with Crippen LogP contribution in [0, 0.1) is 6.92 Å². The Morgan fingerprint density at radius 3 is 2.77 bits per heavy atom. The molecule has 0 aliphatic rings. The van der Waals surface area contributed by atoms with Crippen molar-refractivity contribution >= 4 is 6.03 Å². The van der Waals surface area contributed by atoms with Gasteiger partial charge < -0.3 is 5.73 Å². The molecule has 2 amide bonds. The number of hydrogen-bond acceptors (Lipinski definition) is 4. The summed E-state index contributed by atoms with van der Waals surface area (Å²) in [5, 5.41) is 0. The van der Waals surface area contributed by atoms with Gasteiger partial charge >= 0.3 is 6.03 Å². The van der Waals surface area contributed by atoms with E-state index in [2.05, 4.69) is 9.97 Å². The van der Waals surface area contributed by atoms with Crippen molar-refractivity contribution in [2.24, 2.45) is 5.73 Å². The fourth-order valence-electron chi connectivity index (χ4n) is 0.684. The van der Waals surface area contributed by atoms with Crippen molar-refractivity contribution in [3.63, 3.8) is 0 Å². The van der Waals surface area contributed by atoms with Gasteiger partial charge in [0.25, 0.3) is 0 Å². The van der Waals surface area contributed by atoms with E-state index in [4.69, 9.17) is 10.6 Å². The molecule has 6 heteroatoms. The Kier molecular flexibility index (Phi) is 3.15. The van der Waals surface area contributed by atoms with Crippen LogP contribution in [-0.2, 0) is 11.4 Å². The van der Waals surface area contributed by atoms with E-state index in [0.717, 1.165) is 5.56 Å². The summed E-state index contributed by atoms with van der Waals surface area (Å²) in [5.41, 5.74) is 7.53. The summed E-state index contributed by atoms with van der Waals surface area (Å²) in [6, 6.07) is -0.729. The Hall–Kier alpha value is -1.69. The molecule has 0 saturated carbocycles. The number of carbonyl (C=O) groups excluding carboxylic acids is 1. The Morgan fingerprint density at radius 2 is 2.23 bits per heavy atom. The van der Waals surface area contributed by atoms with Crippen molar-refractivity contribution in [3.05, 3.63) is 23.8 Å². The fourth-order valence-corrected chi connectivity index (χ4v) is 0.684. The second-order valence-corrected chi connectivity index (χ2v) is 2.39. The molecule has 0 aliphatic heterocycles. The maximum absolute atomic E-state index is 10.2. The van der Waals surface area contributed by atoms with Gasteiger partial charge in [0, 0.05) is 18.0 Å². The number of carbonyl (C=O) groups is 1. The van der Waals surface area contributed by atoms with Crippen LogP contribution in [-0.4, -0.2) is 16.0 Å². The molecule has 0 saturated heterocycles. The summed E-state index contributed by atoms with van der Waals surface area (Å²) in [6.07, 6.45) is 3.23. The first kappa shape index (κ1) is 9.40. The van der Waals surface area contributed by atoms with Crippen LogP contribution in [0.1, 0.15) is 11.4 Å². The molecule has 0 bridgehead atoms. The quantitative estimate of drug-likeness (QED) is 0.638. The van der Waals surface area contributed by atoms with Crippen LogP contribution in [0.4, 0.5) is 4.79 Å².